The highest BCUT2D eigenvalue weighted by molar-refractivity contribution is 6.07. The fourth-order valence-corrected chi connectivity index (χ4v) is 3.75. The summed E-state index contributed by atoms with van der Waals surface area (Å²) in [5.41, 5.74) is -0.732. The number of ether oxygens (including phenoxy) is 3. The van der Waals surface area contributed by atoms with Crippen LogP contribution in [-0.2, 0) is 4.74 Å². The molecular formula is C21H22O10. The summed E-state index contributed by atoms with van der Waals surface area (Å²) in [6.07, 6.45) is -7.51. The van der Waals surface area contributed by atoms with E-state index in [1.54, 1.807) is 25.1 Å². The first-order valence-electron chi connectivity index (χ1n) is 9.50. The molecule has 10 nitrogen and oxygen atoms in total. The van der Waals surface area contributed by atoms with Crippen LogP contribution in [0.2, 0.25) is 0 Å². The summed E-state index contributed by atoms with van der Waals surface area (Å²) in [7, 11) is 1.43. The standard InChI is InChI=1S/C21H22O10/c1-8-3-9-4-10-5-11(28-2)6-12(14(10)17(24)15(9)20(27)29-8)30-21-19(26)18(25)16(23)13(7-22)31-21/h3-6,13,16,18-19,21-26H,7H2,1-2H3. The van der Waals surface area contributed by atoms with Crippen molar-refractivity contribution in [1.82, 2.24) is 0 Å². The molecule has 1 saturated heterocycles. The van der Waals surface area contributed by atoms with E-state index in [-0.39, 0.29) is 16.5 Å². The second-order valence-corrected chi connectivity index (χ2v) is 7.37. The molecule has 0 aliphatic carbocycles. The van der Waals surface area contributed by atoms with Crippen molar-refractivity contribution in [2.45, 2.75) is 37.6 Å². The highest BCUT2D eigenvalue weighted by Crippen LogP contribution is 2.42. The number of aryl methyl sites for hydroxylation is 1. The highest BCUT2D eigenvalue weighted by Gasteiger charge is 2.45. The molecule has 0 amide bonds. The van der Waals surface area contributed by atoms with E-state index in [1.807, 2.05) is 0 Å². The molecule has 10 heteroatoms. The third-order valence-electron chi connectivity index (χ3n) is 5.32. The van der Waals surface area contributed by atoms with Crippen LogP contribution in [-0.4, -0.2) is 70.0 Å². The third-order valence-corrected chi connectivity index (χ3v) is 5.32. The lowest BCUT2D eigenvalue weighted by molar-refractivity contribution is -0.277. The zero-order valence-electron chi connectivity index (χ0n) is 16.7. The van der Waals surface area contributed by atoms with E-state index in [0.717, 1.165) is 0 Å². The van der Waals surface area contributed by atoms with E-state index in [2.05, 4.69) is 0 Å². The van der Waals surface area contributed by atoms with Gasteiger partial charge in [0.1, 0.15) is 52.8 Å². The van der Waals surface area contributed by atoms with E-state index in [0.29, 0.717) is 22.3 Å². The smallest absolute Gasteiger partial charge is 0.347 e. The lowest BCUT2D eigenvalue weighted by Gasteiger charge is -2.39. The van der Waals surface area contributed by atoms with Gasteiger partial charge in [-0.15, -0.1) is 0 Å². The van der Waals surface area contributed by atoms with Gasteiger partial charge >= 0.3 is 5.63 Å². The summed E-state index contributed by atoms with van der Waals surface area (Å²) in [4.78, 5) is 12.4. The quantitative estimate of drug-likeness (QED) is 0.358. The predicted octanol–water partition coefficient (Wildman–Crippen LogP) is 0.148. The zero-order valence-corrected chi connectivity index (χ0v) is 16.7. The first kappa shape index (κ1) is 21.3. The summed E-state index contributed by atoms with van der Waals surface area (Å²) in [6, 6.07) is 6.29. The minimum absolute atomic E-state index is 0.0157. The van der Waals surface area contributed by atoms with Crippen molar-refractivity contribution in [3.05, 3.63) is 40.4 Å². The molecule has 0 saturated carbocycles. The summed E-state index contributed by atoms with van der Waals surface area (Å²) in [5, 5.41) is 51.5. The summed E-state index contributed by atoms with van der Waals surface area (Å²) >= 11 is 0. The van der Waals surface area contributed by atoms with E-state index in [4.69, 9.17) is 18.6 Å². The molecule has 166 valence electrons. The van der Waals surface area contributed by atoms with Gasteiger partial charge in [-0.2, -0.15) is 0 Å². The molecule has 1 fully saturated rings. The molecule has 0 radical (unpaired) electrons. The molecule has 4 rings (SSSR count). The van der Waals surface area contributed by atoms with Gasteiger partial charge in [-0.3, -0.25) is 0 Å². The van der Waals surface area contributed by atoms with Crippen LogP contribution in [0.25, 0.3) is 21.5 Å². The average Bonchev–Trinajstić information content (AvgIpc) is 2.73. The molecule has 1 aliphatic heterocycles. The normalized spacial score (nSPS) is 26.3. The maximum atomic E-state index is 12.4. The van der Waals surface area contributed by atoms with Gasteiger partial charge in [0.25, 0.3) is 0 Å². The number of aliphatic hydroxyl groups excluding tert-OH is 4. The molecule has 3 aromatic rings. The maximum Gasteiger partial charge on any atom is 0.347 e. The molecule has 1 aliphatic rings. The van der Waals surface area contributed by atoms with Crippen LogP contribution in [0.15, 0.2) is 33.5 Å². The zero-order chi connectivity index (χ0) is 22.4. The van der Waals surface area contributed by atoms with Crippen molar-refractivity contribution in [2.75, 3.05) is 13.7 Å². The number of rotatable bonds is 4. The molecule has 5 atom stereocenters. The molecule has 0 spiro atoms. The first-order valence-corrected chi connectivity index (χ1v) is 9.50. The largest absolute Gasteiger partial charge is 0.506 e. The minimum Gasteiger partial charge on any atom is -0.506 e. The van der Waals surface area contributed by atoms with Crippen LogP contribution in [0.3, 0.4) is 0 Å². The molecular weight excluding hydrogens is 412 g/mol. The van der Waals surface area contributed by atoms with Gasteiger partial charge in [-0.25, -0.2) is 4.79 Å². The van der Waals surface area contributed by atoms with Gasteiger partial charge in [0.2, 0.25) is 6.29 Å². The Morgan fingerprint density at radius 3 is 2.39 bits per heavy atom. The Hall–Kier alpha value is -2.89. The van der Waals surface area contributed by atoms with Crippen LogP contribution < -0.4 is 15.1 Å². The third kappa shape index (κ3) is 3.58. The van der Waals surface area contributed by atoms with Gasteiger partial charge in [0.15, 0.2) is 0 Å². The van der Waals surface area contributed by atoms with Gasteiger partial charge in [-0.1, -0.05) is 0 Å². The number of phenols is 1. The van der Waals surface area contributed by atoms with Crippen LogP contribution in [0.1, 0.15) is 5.76 Å². The molecule has 5 N–H and O–H groups in total. The molecule has 2 heterocycles. The van der Waals surface area contributed by atoms with E-state index < -0.39 is 48.7 Å². The van der Waals surface area contributed by atoms with Crippen molar-refractivity contribution in [1.29, 1.82) is 0 Å². The van der Waals surface area contributed by atoms with Gasteiger partial charge < -0.3 is 44.2 Å². The Balaban J connectivity index is 1.89. The van der Waals surface area contributed by atoms with E-state index in [1.165, 1.54) is 13.2 Å². The lowest BCUT2D eigenvalue weighted by Crippen LogP contribution is -2.60. The Kier molecular flexibility index (Phi) is 5.50. The number of aromatic hydroxyl groups is 1. The van der Waals surface area contributed by atoms with Gasteiger partial charge in [0, 0.05) is 6.07 Å². The van der Waals surface area contributed by atoms with Crippen LogP contribution >= 0.6 is 0 Å². The van der Waals surface area contributed by atoms with Crippen LogP contribution in [0.5, 0.6) is 17.2 Å². The monoisotopic (exact) mass is 434 g/mol. The predicted molar refractivity (Wildman–Crippen MR) is 107 cm³/mol. The van der Waals surface area contributed by atoms with Crippen molar-refractivity contribution in [2.24, 2.45) is 0 Å². The minimum atomic E-state index is -1.66. The van der Waals surface area contributed by atoms with Crippen molar-refractivity contribution >= 4 is 21.5 Å². The van der Waals surface area contributed by atoms with Crippen LogP contribution in [0, 0.1) is 6.92 Å². The van der Waals surface area contributed by atoms with Crippen molar-refractivity contribution in [3.63, 3.8) is 0 Å². The number of hydrogen-bond donors (Lipinski definition) is 5. The van der Waals surface area contributed by atoms with E-state index in [9.17, 15) is 30.3 Å². The average molecular weight is 434 g/mol. The first-order chi connectivity index (χ1) is 14.7. The summed E-state index contributed by atoms with van der Waals surface area (Å²) < 4.78 is 21.5. The number of fused-ring (bicyclic) bond motifs is 2. The number of phenolic OH excluding ortho intramolecular Hbond substituents is 1. The fraction of sp³-hybridized carbons (Fsp3) is 0.381. The van der Waals surface area contributed by atoms with Gasteiger partial charge in [-0.05, 0) is 35.9 Å². The number of hydrogen-bond acceptors (Lipinski definition) is 10. The highest BCUT2D eigenvalue weighted by atomic mass is 16.7. The second-order valence-electron chi connectivity index (χ2n) is 7.37. The Labute approximate surface area is 175 Å². The summed E-state index contributed by atoms with van der Waals surface area (Å²) in [5.74, 6) is 0.309. The fourth-order valence-electron chi connectivity index (χ4n) is 3.75. The number of benzene rings is 2. The van der Waals surface area contributed by atoms with Crippen LogP contribution in [0.4, 0.5) is 0 Å². The molecule has 1 aromatic heterocycles. The Morgan fingerprint density at radius 2 is 1.71 bits per heavy atom. The van der Waals surface area contributed by atoms with Crippen molar-refractivity contribution in [3.8, 4) is 17.2 Å². The molecule has 5 unspecified atom stereocenters. The second kappa shape index (κ2) is 7.98. The Bertz CT molecular complexity index is 1180. The molecule has 2 aromatic carbocycles. The number of aliphatic hydroxyl groups is 4. The topological polar surface area (TPSA) is 159 Å². The van der Waals surface area contributed by atoms with E-state index >= 15 is 0 Å². The Morgan fingerprint density at radius 1 is 1.00 bits per heavy atom. The molecule has 31 heavy (non-hydrogen) atoms. The van der Waals surface area contributed by atoms with Crippen molar-refractivity contribution < 1.29 is 44.2 Å². The van der Waals surface area contributed by atoms with Gasteiger partial charge in [0.05, 0.1) is 19.1 Å². The summed E-state index contributed by atoms with van der Waals surface area (Å²) in [6.45, 7) is 0.987. The maximum absolute atomic E-state index is 12.4. The lowest BCUT2D eigenvalue weighted by atomic mass is 9.99. The SMILES string of the molecule is COc1cc(OC2OC(CO)C(O)C(O)C2O)c2c(O)c3c(=O)oc(C)cc3cc2c1. The molecule has 0 bridgehead atoms. The number of methoxy groups -OCH3 is 1.